The van der Waals surface area contributed by atoms with Crippen molar-refractivity contribution < 1.29 is 19.8 Å². The van der Waals surface area contributed by atoms with E-state index in [-0.39, 0.29) is 23.6 Å². The summed E-state index contributed by atoms with van der Waals surface area (Å²) in [4.78, 5) is 32.2. The van der Waals surface area contributed by atoms with Crippen molar-refractivity contribution in [2.45, 2.75) is 19.8 Å². The Balaban J connectivity index is 2.14. The summed E-state index contributed by atoms with van der Waals surface area (Å²) in [5.74, 6) is -1.38. The number of carbonyl (C=O) groups is 2. The number of aliphatic imine (C=N–C) groups is 1. The third-order valence-electron chi connectivity index (χ3n) is 3.81. The predicted molar refractivity (Wildman–Crippen MR) is 83.3 cm³/mol. The molecule has 0 fully saturated rings. The summed E-state index contributed by atoms with van der Waals surface area (Å²) in [6, 6.07) is 4.94. The minimum atomic E-state index is -1.06. The van der Waals surface area contributed by atoms with Gasteiger partial charge < -0.3 is 10.2 Å². The number of ketones is 1. The van der Waals surface area contributed by atoms with Crippen molar-refractivity contribution in [3.05, 3.63) is 64.3 Å². The second-order valence-corrected chi connectivity index (χ2v) is 5.29. The number of rotatable bonds is 4. The number of aliphatic carboxylic acids is 1. The van der Waals surface area contributed by atoms with Crippen LogP contribution < -0.4 is 0 Å². The van der Waals surface area contributed by atoms with E-state index in [1.54, 1.807) is 31.2 Å². The number of carboxylic acids is 1. The van der Waals surface area contributed by atoms with E-state index in [4.69, 9.17) is 0 Å². The van der Waals surface area contributed by atoms with Crippen LogP contribution in [0.15, 0.2) is 63.6 Å². The fraction of sp³-hybridized carbons (Fsp3) is 0.176. The molecular weight excluding hydrogens is 296 g/mol. The highest BCUT2D eigenvalue weighted by atomic mass is 16.4. The molecule has 2 aliphatic rings. The molecule has 2 heterocycles. The van der Waals surface area contributed by atoms with Gasteiger partial charge in [0.1, 0.15) is 17.2 Å². The molecule has 1 aromatic heterocycles. The molecule has 2 N–H and O–H groups in total. The molecule has 0 bridgehead atoms. The first-order valence-corrected chi connectivity index (χ1v) is 7.08. The third kappa shape index (κ3) is 2.59. The zero-order chi connectivity index (χ0) is 16.6. The first-order chi connectivity index (χ1) is 11.0. The number of pyridine rings is 1. The monoisotopic (exact) mass is 310 g/mol. The van der Waals surface area contributed by atoms with Crippen LogP contribution >= 0.6 is 0 Å². The smallest absolute Gasteiger partial charge is 0.307 e. The van der Waals surface area contributed by atoms with E-state index in [0.717, 1.165) is 0 Å². The molecule has 0 aromatic carbocycles. The lowest BCUT2D eigenvalue weighted by atomic mass is 9.88. The maximum Gasteiger partial charge on any atom is 0.307 e. The number of hydrogen-bond donors (Lipinski definition) is 2. The van der Waals surface area contributed by atoms with Gasteiger partial charge in [0.2, 0.25) is 5.78 Å². The van der Waals surface area contributed by atoms with E-state index in [1.807, 2.05) is 0 Å². The number of allylic oxidation sites excluding steroid dienone is 4. The fourth-order valence-electron chi connectivity index (χ4n) is 2.75. The Kier molecular flexibility index (Phi) is 3.65. The SMILES string of the molecule is CC1=C2C(=NC(C(=O)c3ccccn3)=C2CC(=O)O)CC=C1O. The van der Waals surface area contributed by atoms with Crippen LogP contribution in [0.2, 0.25) is 0 Å². The molecule has 1 aliphatic carbocycles. The predicted octanol–water partition coefficient (Wildman–Crippen LogP) is 2.61. The molecule has 0 atom stereocenters. The molecule has 3 rings (SSSR count). The summed E-state index contributed by atoms with van der Waals surface area (Å²) in [6.07, 6.45) is 3.13. The largest absolute Gasteiger partial charge is 0.508 e. The molecule has 6 heteroatoms. The lowest BCUT2D eigenvalue weighted by molar-refractivity contribution is -0.136. The van der Waals surface area contributed by atoms with Crippen LogP contribution in [0.1, 0.15) is 30.3 Å². The first-order valence-electron chi connectivity index (χ1n) is 7.08. The van der Waals surface area contributed by atoms with Crippen LogP contribution in [-0.4, -0.2) is 32.7 Å². The highest BCUT2D eigenvalue weighted by Crippen LogP contribution is 2.37. The summed E-state index contributed by atoms with van der Waals surface area (Å²) in [7, 11) is 0. The van der Waals surface area contributed by atoms with Gasteiger partial charge in [-0.1, -0.05) is 6.07 Å². The zero-order valence-electron chi connectivity index (χ0n) is 12.4. The Morgan fingerprint density at radius 2 is 2.09 bits per heavy atom. The van der Waals surface area contributed by atoms with Crippen LogP contribution in [0.4, 0.5) is 0 Å². The molecular formula is C17H14N2O4. The molecule has 0 spiro atoms. The molecule has 0 amide bonds. The van der Waals surface area contributed by atoms with Gasteiger partial charge in [0, 0.05) is 23.8 Å². The zero-order valence-corrected chi connectivity index (χ0v) is 12.4. The maximum atomic E-state index is 12.6. The summed E-state index contributed by atoms with van der Waals surface area (Å²) in [5.41, 5.74) is 2.35. The van der Waals surface area contributed by atoms with Crippen molar-refractivity contribution in [1.29, 1.82) is 0 Å². The first kappa shape index (κ1) is 14.9. The topological polar surface area (TPSA) is 99.9 Å². The Bertz CT molecular complexity index is 829. The number of aromatic nitrogens is 1. The minimum absolute atomic E-state index is 0.0911. The number of fused-ring (bicyclic) bond motifs is 1. The summed E-state index contributed by atoms with van der Waals surface area (Å²) < 4.78 is 0. The van der Waals surface area contributed by atoms with Crippen LogP contribution in [-0.2, 0) is 4.79 Å². The number of hydrogen-bond acceptors (Lipinski definition) is 5. The Morgan fingerprint density at radius 1 is 1.30 bits per heavy atom. The fourth-order valence-corrected chi connectivity index (χ4v) is 2.75. The van der Waals surface area contributed by atoms with Crippen molar-refractivity contribution >= 4 is 17.5 Å². The standard InChI is InChI=1S/C17H14N2O4/c1-9-13(20)6-5-11-15(9)10(8-14(21)22)16(19-11)17(23)12-4-2-3-7-18-12/h2-4,6-7,20H,5,8H2,1H3,(H,21,22). The number of aliphatic hydroxyl groups is 1. The van der Waals surface area contributed by atoms with Gasteiger partial charge in [-0.3, -0.25) is 14.6 Å². The highest BCUT2D eigenvalue weighted by molar-refractivity contribution is 6.19. The van der Waals surface area contributed by atoms with Gasteiger partial charge >= 0.3 is 5.97 Å². The molecule has 0 radical (unpaired) electrons. The second kappa shape index (κ2) is 5.64. The van der Waals surface area contributed by atoms with Crippen molar-refractivity contribution in [1.82, 2.24) is 4.98 Å². The van der Waals surface area contributed by atoms with Gasteiger partial charge in [0.15, 0.2) is 0 Å². The van der Waals surface area contributed by atoms with Gasteiger partial charge in [0.05, 0.1) is 12.1 Å². The Hall–Kier alpha value is -3.02. The number of carboxylic acid groups (broad SMARTS) is 1. The molecule has 1 aliphatic heterocycles. The highest BCUT2D eigenvalue weighted by Gasteiger charge is 2.33. The minimum Gasteiger partial charge on any atom is -0.508 e. The molecule has 0 saturated heterocycles. The average molecular weight is 310 g/mol. The average Bonchev–Trinajstić information content (AvgIpc) is 2.89. The van der Waals surface area contributed by atoms with Crippen molar-refractivity contribution in [3.63, 3.8) is 0 Å². The summed E-state index contributed by atoms with van der Waals surface area (Å²) >= 11 is 0. The molecule has 6 nitrogen and oxygen atoms in total. The number of carbonyl (C=O) groups excluding carboxylic acids is 1. The van der Waals surface area contributed by atoms with Crippen molar-refractivity contribution in [2.75, 3.05) is 0 Å². The van der Waals surface area contributed by atoms with Crippen LogP contribution in [0.25, 0.3) is 0 Å². The van der Waals surface area contributed by atoms with E-state index in [9.17, 15) is 19.8 Å². The maximum absolute atomic E-state index is 12.6. The van der Waals surface area contributed by atoms with Gasteiger partial charge in [-0.05, 0) is 30.7 Å². The molecule has 1 aromatic rings. The van der Waals surface area contributed by atoms with E-state index in [1.165, 1.54) is 6.20 Å². The van der Waals surface area contributed by atoms with E-state index < -0.39 is 11.8 Å². The lowest BCUT2D eigenvalue weighted by Crippen LogP contribution is -2.12. The molecule has 0 unspecified atom stereocenters. The molecule has 116 valence electrons. The van der Waals surface area contributed by atoms with Gasteiger partial charge in [-0.2, -0.15) is 0 Å². The van der Waals surface area contributed by atoms with Gasteiger partial charge in [-0.25, -0.2) is 4.99 Å². The van der Waals surface area contributed by atoms with Crippen LogP contribution in [0.3, 0.4) is 0 Å². The van der Waals surface area contributed by atoms with Crippen LogP contribution in [0, 0.1) is 0 Å². The number of aliphatic hydroxyl groups excluding tert-OH is 1. The van der Waals surface area contributed by atoms with Crippen LogP contribution in [0.5, 0.6) is 0 Å². The number of nitrogens with zero attached hydrogens (tertiary/aromatic N) is 2. The van der Waals surface area contributed by atoms with Gasteiger partial charge in [0.25, 0.3) is 0 Å². The molecule has 23 heavy (non-hydrogen) atoms. The van der Waals surface area contributed by atoms with Crippen molar-refractivity contribution in [3.8, 4) is 0 Å². The second-order valence-electron chi connectivity index (χ2n) is 5.29. The van der Waals surface area contributed by atoms with E-state index in [2.05, 4.69) is 9.98 Å². The van der Waals surface area contributed by atoms with Gasteiger partial charge in [-0.15, -0.1) is 0 Å². The summed E-state index contributed by atoms with van der Waals surface area (Å²) in [6.45, 7) is 1.69. The van der Waals surface area contributed by atoms with E-state index >= 15 is 0 Å². The quantitative estimate of drug-likeness (QED) is 0.833. The van der Waals surface area contributed by atoms with E-state index in [0.29, 0.717) is 28.9 Å². The Morgan fingerprint density at radius 3 is 2.74 bits per heavy atom. The Labute approximate surface area is 132 Å². The lowest BCUT2D eigenvalue weighted by Gasteiger charge is -2.15. The summed E-state index contributed by atoms with van der Waals surface area (Å²) in [5, 5.41) is 19.1. The third-order valence-corrected chi connectivity index (χ3v) is 3.81. The normalized spacial score (nSPS) is 16.9. The number of Topliss-reactive ketones (excluding diaryl/α,β-unsaturated/α-hetero) is 1. The molecule has 0 saturated carbocycles. The van der Waals surface area contributed by atoms with Crippen molar-refractivity contribution in [2.24, 2.45) is 4.99 Å².